The fourth-order valence-electron chi connectivity index (χ4n) is 4.21. The Labute approximate surface area is 173 Å². The third kappa shape index (κ3) is 5.58. The first kappa shape index (κ1) is 21.3. The van der Waals surface area contributed by atoms with Crippen molar-refractivity contribution in [2.45, 2.75) is 58.3 Å². The van der Waals surface area contributed by atoms with Crippen molar-refractivity contribution in [3.63, 3.8) is 0 Å². The number of nitrogens with one attached hydrogen (secondary N) is 2. The van der Waals surface area contributed by atoms with E-state index in [-0.39, 0.29) is 36.0 Å². The Hall–Kier alpha value is -2.37. The normalized spacial score (nSPS) is 20.2. The van der Waals surface area contributed by atoms with Gasteiger partial charge in [-0.15, -0.1) is 0 Å². The maximum atomic E-state index is 12.5. The van der Waals surface area contributed by atoms with Crippen LogP contribution >= 0.6 is 0 Å². The van der Waals surface area contributed by atoms with Gasteiger partial charge in [0.2, 0.25) is 17.7 Å². The Morgan fingerprint density at radius 2 is 1.69 bits per heavy atom. The zero-order chi connectivity index (χ0) is 20.8. The molecule has 2 N–H and O–H groups in total. The Balaban J connectivity index is 1.44. The average molecular weight is 400 g/mol. The topological polar surface area (TPSA) is 78.5 Å². The molecule has 2 aliphatic rings. The molecule has 2 fully saturated rings. The van der Waals surface area contributed by atoms with E-state index in [0.717, 1.165) is 31.4 Å². The summed E-state index contributed by atoms with van der Waals surface area (Å²) in [7, 11) is 0. The predicted octanol–water partition coefficient (Wildman–Crippen LogP) is 2.98. The second-order valence-electron chi connectivity index (χ2n) is 8.57. The molecule has 1 heterocycles. The standard InChI is InChI=1S/C23H33N3O3/c1-16(2)18-9-6-10-20(13-18)26-15-19(14-21(26)27)23(29)25-12-11-24-22(28)17-7-4-3-5-8-17/h6,9-10,13,16-17,19H,3-5,7-8,11-12,14-15H2,1-2H3,(H,24,28)(H,25,29). The Morgan fingerprint density at radius 3 is 2.34 bits per heavy atom. The molecule has 1 saturated carbocycles. The molecule has 1 saturated heterocycles. The van der Waals surface area contributed by atoms with Crippen LogP contribution < -0.4 is 15.5 Å². The number of hydrogen-bond acceptors (Lipinski definition) is 3. The average Bonchev–Trinajstić information content (AvgIpc) is 3.13. The van der Waals surface area contributed by atoms with Crippen LogP contribution in [0.15, 0.2) is 24.3 Å². The van der Waals surface area contributed by atoms with Crippen LogP contribution in [0, 0.1) is 11.8 Å². The van der Waals surface area contributed by atoms with Crippen molar-refractivity contribution in [2.75, 3.05) is 24.5 Å². The number of nitrogens with zero attached hydrogens (tertiary/aromatic N) is 1. The summed E-state index contributed by atoms with van der Waals surface area (Å²) >= 11 is 0. The molecule has 0 bridgehead atoms. The van der Waals surface area contributed by atoms with Crippen molar-refractivity contribution < 1.29 is 14.4 Å². The summed E-state index contributed by atoms with van der Waals surface area (Å²) in [5.41, 5.74) is 2.04. The van der Waals surface area contributed by atoms with Gasteiger partial charge >= 0.3 is 0 Å². The van der Waals surface area contributed by atoms with Gasteiger partial charge in [-0.2, -0.15) is 0 Å². The largest absolute Gasteiger partial charge is 0.354 e. The molecule has 158 valence electrons. The lowest BCUT2D eigenvalue weighted by molar-refractivity contribution is -0.127. The number of hydrogen-bond donors (Lipinski definition) is 2. The van der Waals surface area contributed by atoms with Crippen LogP contribution in [0.5, 0.6) is 0 Å². The molecule has 3 amide bonds. The van der Waals surface area contributed by atoms with Crippen LogP contribution in [0.2, 0.25) is 0 Å². The van der Waals surface area contributed by atoms with E-state index in [9.17, 15) is 14.4 Å². The third-order valence-corrected chi connectivity index (χ3v) is 6.04. The van der Waals surface area contributed by atoms with E-state index in [4.69, 9.17) is 0 Å². The SMILES string of the molecule is CC(C)c1cccc(N2CC(C(=O)NCCNC(=O)C3CCCCC3)CC2=O)c1. The van der Waals surface area contributed by atoms with Gasteiger partial charge in [0.1, 0.15) is 0 Å². The fourth-order valence-corrected chi connectivity index (χ4v) is 4.21. The van der Waals surface area contributed by atoms with Crippen molar-refractivity contribution in [2.24, 2.45) is 11.8 Å². The summed E-state index contributed by atoms with van der Waals surface area (Å²) in [6, 6.07) is 7.97. The second kappa shape index (κ2) is 9.90. The van der Waals surface area contributed by atoms with Gasteiger partial charge in [0.15, 0.2) is 0 Å². The number of carbonyl (C=O) groups is 3. The van der Waals surface area contributed by atoms with Crippen LogP contribution in [0.25, 0.3) is 0 Å². The molecule has 1 aliphatic carbocycles. The first-order valence-corrected chi connectivity index (χ1v) is 10.9. The monoisotopic (exact) mass is 399 g/mol. The van der Waals surface area contributed by atoms with Crippen LogP contribution in [0.1, 0.15) is 63.9 Å². The van der Waals surface area contributed by atoms with Gasteiger partial charge < -0.3 is 15.5 Å². The summed E-state index contributed by atoms with van der Waals surface area (Å²) in [6.45, 7) is 5.47. The summed E-state index contributed by atoms with van der Waals surface area (Å²) in [4.78, 5) is 38.8. The molecule has 0 spiro atoms. The lowest BCUT2D eigenvalue weighted by atomic mass is 9.89. The Kier molecular flexibility index (Phi) is 7.29. The lowest BCUT2D eigenvalue weighted by Crippen LogP contribution is -2.40. The molecule has 6 nitrogen and oxygen atoms in total. The van der Waals surface area contributed by atoms with Gasteiger partial charge in [0, 0.05) is 37.7 Å². The highest BCUT2D eigenvalue weighted by atomic mass is 16.2. The van der Waals surface area contributed by atoms with Crippen molar-refractivity contribution in [3.05, 3.63) is 29.8 Å². The van der Waals surface area contributed by atoms with Gasteiger partial charge in [0.05, 0.1) is 5.92 Å². The van der Waals surface area contributed by atoms with Crippen molar-refractivity contribution in [3.8, 4) is 0 Å². The Bertz CT molecular complexity index is 741. The zero-order valence-electron chi connectivity index (χ0n) is 17.6. The molecule has 0 aromatic heterocycles. The number of rotatable bonds is 7. The molecule has 0 radical (unpaired) electrons. The smallest absolute Gasteiger partial charge is 0.227 e. The quantitative estimate of drug-likeness (QED) is 0.692. The molecule has 1 aliphatic heterocycles. The fraction of sp³-hybridized carbons (Fsp3) is 0.609. The predicted molar refractivity (Wildman–Crippen MR) is 114 cm³/mol. The van der Waals surface area contributed by atoms with Crippen molar-refractivity contribution >= 4 is 23.4 Å². The lowest BCUT2D eigenvalue weighted by Gasteiger charge is -2.21. The van der Waals surface area contributed by atoms with Crippen LogP contribution in [-0.2, 0) is 14.4 Å². The zero-order valence-corrected chi connectivity index (χ0v) is 17.6. The molecule has 1 aromatic rings. The molecular weight excluding hydrogens is 366 g/mol. The minimum Gasteiger partial charge on any atom is -0.354 e. The molecule has 1 unspecified atom stereocenters. The highest BCUT2D eigenvalue weighted by molar-refractivity contribution is 6.00. The molecule has 3 rings (SSSR count). The van der Waals surface area contributed by atoms with E-state index >= 15 is 0 Å². The van der Waals surface area contributed by atoms with E-state index in [1.807, 2.05) is 18.2 Å². The first-order chi connectivity index (χ1) is 14.0. The highest BCUT2D eigenvalue weighted by Crippen LogP contribution is 2.28. The van der Waals surface area contributed by atoms with Crippen LogP contribution in [0.4, 0.5) is 5.69 Å². The van der Waals surface area contributed by atoms with E-state index in [1.54, 1.807) is 4.90 Å². The summed E-state index contributed by atoms with van der Waals surface area (Å²) in [5, 5.41) is 5.80. The van der Waals surface area contributed by atoms with Gasteiger partial charge in [-0.1, -0.05) is 45.2 Å². The maximum absolute atomic E-state index is 12.5. The van der Waals surface area contributed by atoms with E-state index in [0.29, 0.717) is 25.6 Å². The number of carbonyl (C=O) groups excluding carboxylic acids is 3. The van der Waals surface area contributed by atoms with E-state index < -0.39 is 0 Å². The highest BCUT2D eigenvalue weighted by Gasteiger charge is 2.35. The molecule has 29 heavy (non-hydrogen) atoms. The molecule has 1 aromatic carbocycles. The van der Waals surface area contributed by atoms with E-state index in [2.05, 4.69) is 30.5 Å². The third-order valence-electron chi connectivity index (χ3n) is 6.04. The van der Waals surface area contributed by atoms with Gasteiger partial charge in [0.25, 0.3) is 0 Å². The first-order valence-electron chi connectivity index (χ1n) is 10.9. The maximum Gasteiger partial charge on any atom is 0.227 e. The van der Waals surface area contributed by atoms with Crippen molar-refractivity contribution in [1.29, 1.82) is 0 Å². The minimum atomic E-state index is -0.348. The van der Waals surface area contributed by atoms with Crippen LogP contribution in [0.3, 0.4) is 0 Å². The van der Waals surface area contributed by atoms with Gasteiger partial charge in [-0.25, -0.2) is 0 Å². The summed E-state index contributed by atoms with van der Waals surface area (Å²) in [5.74, 6) is 0.132. The molecule has 6 heteroatoms. The number of benzene rings is 1. The van der Waals surface area contributed by atoms with Gasteiger partial charge in [-0.3, -0.25) is 14.4 Å². The van der Waals surface area contributed by atoms with Crippen molar-refractivity contribution in [1.82, 2.24) is 10.6 Å². The second-order valence-corrected chi connectivity index (χ2v) is 8.57. The molecule has 1 atom stereocenters. The van der Waals surface area contributed by atoms with E-state index in [1.165, 1.54) is 12.0 Å². The van der Waals surface area contributed by atoms with Gasteiger partial charge in [-0.05, 0) is 36.5 Å². The minimum absolute atomic E-state index is 0.0170. The summed E-state index contributed by atoms with van der Waals surface area (Å²) in [6.07, 6.45) is 5.64. The summed E-state index contributed by atoms with van der Waals surface area (Å²) < 4.78 is 0. The molecular formula is C23H33N3O3. The van der Waals surface area contributed by atoms with Crippen LogP contribution in [-0.4, -0.2) is 37.4 Å². The Morgan fingerprint density at radius 1 is 1.03 bits per heavy atom. The number of anilines is 1. The number of amides is 3.